The number of nitrogens with one attached hydrogen (secondary N) is 8. The fourth-order valence-electron chi connectivity index (χ4n) is 3.72. The molecule has 0 aliphatic rings. The first-order valence-electron chi connectivity index (χ1n) is 16.0. The van der Waals surface area contributed by atoms with Crippen molar-refractivity contribution in [3.63, 3.8) is 0 Å². The first kappa shape index (κ1) is 38.8. The zero-order valence-corrected chi connectivity index (χ0v) is 25.7. The largest absolute Gasteiger partial charge is 0.317 e. The van der Waals surface area contributed by atoms with Crippen LogP contribution in [0.15, 0.2) is 0 Å². The van der Waals surface area contributed by atoms with Gasteiger partial charge in [-0.05, 0) is 163 Å². The Bertz CT molecular complexity index is 329. The average molecular weight is 531 g/mol. The van der Waals surface area contributed by atoms with Crippen LogP contribution < -0.4 is 42.5 Å². The van der Waals surface area contributed by atoms with Crippen molar-refractivity contribution in [2.24, 2.45) is 0 Å². The van der Waals surface area contributed by atoms with Crippen LogP contribution >= 0.6 is 0 Å². The molecule has 0 aliphatic carbocycles. The molecular formula is C29H70N8. The van der Waals surface area contributed by atoms with Gasteiger partial charge in [-0.15, -0.1) is 0 Å². The molecule has 0 aromatic rings. The molecule has 8 nitrogen and oxygen atoms in total. The van der Waals surface area contributed by atoms with E-state index in [1.165, 1.54) is 84.0 Å². The average Bonchev–Trinajstić information content (AvgIpc) is 2.91. The Labute approximate surface area is 232 Å². The van der Waals surface area contributed by atoms with Crippen molar-refractivity contribution in [1.29, 1.82) is 0 Å². The smallest absolute Gasteiger partial charge is 0.00368 e. The third-order valence-electron chi connectivity index (χ3n) is 5.99. The molecule has 37 heavy (non-hydrogen) atoms. The maximum Gasteiger partial charge on any atom is -0.00368 e. The molecule has 0 bridgehead atoms. The van der Waals surface area contributed by atoms with Crippen LogP contribution in [-0.4, -0.2) is 105 Å². The van der Waals surface area contributed by atoms with Gasteiger partial charge >= 0.3 is 0 Å². The van der Waals surface area contributed by atoms with Gasteiger partial charge in [-0.1, -0.05) is 27.7 Å². The third kappa shape index (κ3) is 43.0. The molecule has 0 amide bonds. The highest BCUT2D eigenvalue weighted by Crippen LogP contribution is 1.89. The Kier molecular flexibility index (Phi) is 42.2. The van der Waals surface area contributed by atoms with E-state index in [1.807, 2.05) is 0 Å². The van der Waals surface area contributed by atoms with Crippen LogP contribution in [0.4, 0.5) is 0 Å². The fourth-order valence-corrected chi connectivity index (χ4v) is 3.72. The van der Waals surface area contributed by atoms with Gasteiger partial charge in [-0.2, -0.15) is 0 Å². The van der Waals surface area contributed by atoms with Gasteiger partial charge in [0.2, 0.25) is 0 Å². The zero-order valence-electron chi connectivity index (χ0n) is 25.7. The molecule has 0 radical (unpaired) electrons. The predicted molar refractivity (Wildman–Crippen MR) is 167 cm³/mol. The highest BCUT2D eigenvalue weighted by Gasteiger charge is 1.93. The Morgan fingerprint density at radius 1 is 0.216 bits per heavy atom. The molecule has 226 valence electrons. The maximum atomic E-state index is 3.52. The van der Waals surface area contributed by atoms with E-state index >= 15 is 0 Å². The van der Waals surface area contributed by atoms with Crippen molar-refractivity contribution in [3.05, 3.63) is 0 Å². The lowest BCUT2D eigenvalue weighted by molar-refractivity contribution is 0.545. The lowest BCUT2D eigenvalue weighted by Gasteiger charge is -2.07. The van der Waals surface area contributed by atoms with E-state index in [1.54, 1.807) is 0 Å². The van der Waals surface area contributed by atoms with Gasteiger partial charge in [0.1, 0.15) is 0 Å². The summed E-state index contributed by atoms with van der Waals surface area (Å²) < 4.78 is 0. The van der Waals surface area contributed by atoms with Crippen molar-refractivity contribution in [2.75, 3.05) is 105 Å². The molecular weight excluding hydrogens is 460 g/mol. The highest BCUT2D eigenvalue weighted by atomic mass is 14.9. The van der Waals surface area contributed by atoms with E-state index in [0.29, 0.717) is 0 Å². The monoisotopic (exact) mass is 531 g/mol. The lowest BCUT2D eigenvalue weighted by atomic mass is 10.2. The second kappa shape index (κ2) is 40.2. The minimum atomic E-state index is 1.08. The first-order valence-corrected chi connectivity index (χ1v) is 16.0. The molecule has 0 saturated heterocycles. The van der Waals surface area contributed by atoms with Gasteiger partial charge in [-0.3, -0.25) is 0 Å². The molecule has 0 heterocycles. The van der Waals surface area contributed by atoms with Crippen molar-refractivity contribution >= 4 is 0 Å². The third-order valence-corrected chi connectivity index (χ3v) is 5.99. The number of hydrogen-bond donors (Lipinski definition) is 8. The van der Waals surface area contributed by atoms with E-state index in [9.17, 15) is 0 Å². The summed E-state index contributed by atoms with van der Waals surface area (Å²) in [5.41, 5.74) is 0. The zero-order chi connectivity index (χ0) is 27.3. The SMILES string of the molecule is CCNCCCCNCCCCNCCCCNCC.CCNCCCNCCCNCCCNCC. The van der Waals surface area contributed by atoms with Gasteiger partial charge in [0.25, 0.3) is 0 Å². The standard InChI is InChI=1S/C16H38N4.C13H32N4/c1-3-17-11-5-7-13-19-15-9-10-16-20-14-8-6-12-18-4-2;1-3-14-8-5-10-16-12-7-13-17-11-6-9-15-4-2/h17-20H,3-16H2,1-2H3;14-17H,3-13H2,1-2H3. The summed E-state index contributed by atoms with van der Waals surface area (Å²) in [5.74, 6) is 0. The maximum absolute atomic E-state index is 3.52. The van der Waals surface area contributed by atoms with Crippen LogP contribution in [0.1, 0.15) is 85.5 Å². The Morgan fingerprint density at radius 3 is 0.595 bits per heavy atom. The Morgan fingerprint density at radius 2 is 0.378 bits per heavy atom. The van der Waals surface area contributed by atoms with E-state index in [4.69, 9.17) is 0 Å². The first-order chi connectivity index (χ1) is 18.3. The van der Waals surface area contributed by atoms with Gasteiger partial charge in [0, 0.05) is 0 Å². The van der Waals surface area contributed by atoms with Crippen molar-refractivity contribution in [3.8, 4) is 0 Å². The highest BCUT2D eigenvalue weighted by molar-refractivity contribution is 4.56. The second-order valence-corrected chi connectivity index (χ2v) is 9.60. The lowest BCUT2D eigenvalue weighted by Crippen LogP contribution is -2.26. The normalized spacial score (nSPS) is 11.0. The fraction of sp³-hybridized carbons (Fsp3) is 1.00. The predicted octanol–water partition coefficient (Wildman–Crippen LogP) is 2.28. The minimum absolute atomic E-state index is 1.08. The molecule has 0 rings (SSSR count). The summed E-state index contributed by atoms with van der Waals surface area (Å²) in [7, 11) is 0. The minimum Gasteiger partial charge on any atom is -0.317 e. The summed E-state index contributed by atoms with van der Waals surface area (Å²) >= 11 is 0. The van der Waals surface area contributed by atoms with E-state index in [0.717, 1.165) is 78.5 Å². The molecule has 0 aromatic carbocycles. The summed E-state index contributed by atoms with van der Waals surface area (Å²) in [6, 6.07) is 0. The molecule has 8 heteroatoms. The van der Waals surface area contributed by atoms with Crippen molar-refractivity contribution in [2.45, 2.75) is 85.5 Å². The topological polar surface area (TPSA) is 96.2 Å². The van der Waals surface area contributed by atoms with E-state index in [2.05, 4.69) is 70.2 Å². The summed E-state index contributed by atoms with van der Waals surface area (Å²) in [6.45, 7) is 26.8. The van der Waals surface area contributed by atoms with Gasteiger partial charge in [0.05, 0.1) is 0 Å². The van der Waals surface area contributed by atoms with Crippen LogP contribution in [0.3, 0.4) is 0 Å². The molecule has 0 spiro atoms. The van der Waals surface area contributed by atoms with Crippen LogP contribution in [0, 0.1) is 0 Å². The number of hydrogen-bond acceptors (Lipinski definition) is 8. The van der Waals surface area contributed by atoms with Crippen LogP contribution in [0.25, 0.3) is 0 Å². The molecule has 0 saturated carbocycles. The molecule has 0 atom stereocenters. The molecule has 8 N–H and O–H groups in total. The van der Waals surface area contributed by atoms with Crippen molar-refractivity contribution < 1.29 is 0 Å². The summed E-state index contributed by atoms with van der Waals surface area (Å²) in [5, 5.41) is 27.3. The van der Waals surface area contributed by atoms with Gasteiger partial charge in [0.15, 0.2) is 0 Å². The summed E-state index contributed by atoms with van der Waals surface area (Å²) in [4.78, 5) is 0. The van der Waals surface area contributed by atoms with Gasteiger partial charge < -0.3 is 42.5 Å². The van der Waals surface area contributed by atoms with Crippen LogP contribution in [0.2, 0.25) is 0 Å². The molecule has 0 unspecified atom stereocenters. The Balaban J connectivity index is 0. The molecule has 0 fully saturated rings. The van der Waals surface area contributed by atoms with Crippen LogP contribution in [0.5, 0.6) is 0 Å². The van der Waals surface area contributed by atoms with Gasteiger partial charge in [-0.25, -0.2) is 0 Å². The molecule has 0 aromatic heterocycles. The quantitative estimate of drug-likeness (QED) is 0.0647. The Hall–Kier alpha value is -0.320. The van der Waals surface area contributed by atoms with E-state index < -0.39 is 0 Å². The molecule has 0 aliphatic heterocycles. The van der Waals surface area contributed by atoms with Crippen molar-refractivity contribution in [1.82, 2.24) is 42.5 Å². The van der Waals surface area contributed by atoms with E-state index in [-0.39, 0.29) is 0 Å². The second-order valence-electron chi connectivity index (χ2n) is 9.60. The summed E-state index contributed by atoms with van der Waals surface area (Å²) in [6.07, 6.45) is 11.4. The number of unbranched alkanes of at least 4 members (excludes halogenated alkanes) is 3. The van der Waals surface area contributed by atoms with Crippen LogP contribution in [-0.2, 0) is 0 Å². The number of rotatable bonds is 31.